The summed E-state index contributed by atoms with van der Waals surface area (Å²) < 4.78 is 0.331. The molecule has 0 spiro atoms. The molecule has 3 atom stereocenters. The van der Waals surface area contributed by atoms with Crippen LogP contribution in [-0.2, 0) is 21.0 Å². The molecule has 1 fully saturated rings. The summed E-state index contributed by atoms with van der Waals surface area (Å²) in [6, 6.07) is 23.2. The van der Waals surface area contributed by atoms with Crippen molar-refractivity contribution in [1.82, 2.24) is 0 Å². The molecule has 0 aliphatic heterocycles. The van der Waals surface area contributed by atoms with Crippen LogP contribution in [0.25, 0.3) is 23.3 Å². The van der Waals surface area contributed by atoms with E-state index in [9.17, 15) is 0 Å². The summed E-state index contributed by atoms with van der Waals surface area (Å²) in [7, 11) is 17.4. The van der Waals surface area contributed by atoms with Gasteiger partial charge in [0.2, 0.25) is 0 Å². The molecule has 45 heavy (non-hydrogen) atoms. The van der Waals surface area contributed by atoms with E-state index in [1.54, 1.807) is 5.57 Å². The maximum absolute atomic E-state index is 8.70. The molecule has 3 aliphatic rings. The fraction of sp³-hybridized carbons (Fsp3) is 0.463. The molecule has 1 saturated carbocycles. The van der Waals surface area contributed by atoms with Gasteiger partial charge in [0, 0.05) is 0 Å². The molecule has 6 rings (SSSR count). The van der Waals surface area contributed by atoms with Crippen LogP contribution in [0, 0.1) is 5.92 Å². The van der Waals surface area contributed by atoms with Crippen molar-refractivity contribution in [1.29, 1.82) is 0 Å². The predicted molar refractivity (Wildman–Crippen MR) is 200 cm³/mol. The fourth-order valence-corrected chi connectivity index (χ4v) is 41.0. The van der Waals surface area contributed by atoms with E-state index in [1.165, 1.54) is 82.2 Å². The molecule has 0 heterocycles. The first-order valence-electron chi connectivity index (χ1n) is 17.6. The Morgan fingerprint density at radius 3 is 2.04 bits per heavy atom. The van der Waals surface area contributed by atoms with Gasteiger partial charge in [-0.25, -0.2) is 0 Å². The van der Waals surface area contributed by atoms with E-state index >= 15 is 0 Å². The van der Waals surface area contributed by atoms with Crippen molar-refractivity contribution in [2.24, 2.45) is 5.92 Å². The molecule has 0 aromatic heterocycles. The second kappa shape index (κ2) is 12.4. The Hall–Kier alpha value is -1.18. The van der Waals surface area contributed by atoms with Crippen LogP contribution in [0.4, 0.5) is 0 Å². The van der Waals surface area contributed by atoms with Gasteiger partial charge in [0.1, 0.15) is 0 Å². The molecule has 0 bridgehead atoms. The summed E-state index contributed by atoms with van der Waals surface area (Å²) in [5, 5.41) is 0. The fourth-order valence-electron chi connectivity index (χ4n) is 9.02. The molecule has 239 valence electrons. The summed E-state index contributed by atoms with van der Waals surface area (Å²) in [5.74, 6) is -0.461. The van der Waals surface area contributed by atoms with E-state index in [1.807, 2.05) is 0 Å². The summed E-state index contributed by atoms with van der Waals surface area (Å²) >= 11 is -4.75. The summed E-state index contributed by atoms with van der Waals surface area (Å²) in [6.45, 7) is 18.9. The van der Waals surface area contributed by atoms with Gasteiger partial charge in [-0.1, -0.05) is 0 Å². The van der Waals surface area contributed by atoms with E-state index < -0.39 is 21.5 Å². The second-order valence-electron chi connectivity index (χ2n) is 15.9. The Morgan fingerprint density at radius 2 is 1.44 bits per heavy atom. The molecule has 4 heteroatoms. The van der Waals surface area contributed by atoms with Crippen LogP contribution in [0.1, 0.15) is 127 Å². The molecule has 0 saturated heterocycles. The average molecular weight is 736 g/mol. The number of fused-ring (bicyclic) bond motifs is 2. The number of hydrogen-bond donors (Lipinski definition) is 0. The van der Waals surface area contributed by atoms with Crippen LogP contribution in [0.5, 0.6) is 0 Å². The van der Waals surface area contributed by atoms with Crippen molar-refractivity contribution in [3.05, 3.63) is 105 Å². The van der Waals surface area contributed by atoms with Crippen LogP contribution in [-0.4, -0.2) is 5.92 Å². The van der Waals surface area contributed by atoms with Crippen molar-refractivity contribution in [3.63, 3.8) is 0 Å². The zero-order valence-electron chi connectivity index (χ0n) is 28.8. The van der Waals surface area contributed by atoms with Gasteiger partial charge in [-0.2, -0.15) is 0 Å². The molecule has 3 aromatic rings. The summed E-state index contributed by atoms with van der Waals surface area (Å²) in [5.41, 5.74) is 14.2. The minimum atomic E-state index is -4.75. The Kier molecular flexibility index (Phi) is 9.26. The van der Waals surface area contributed by atoms with Gasteiger partial charge in [0.25, 0.3) is 0 Å². The van der Waals surface area contributed by atoms with Crippen LogP contribution < -0.4 is 0 Å². The maximum atomic E-state index is 8.70. The van der Waals surface area contributed by atoms with Crippen molar-refractivity contribution >= 4 is 35.1 Å². The van der Waals surface area contributed by atoms with Gasteiger partial charge in [-0.15, -0.1) is 0 Å². The van der Waals surface area contributed by atoms with Crippen molar-refractivity contribution in [2.75, 3.05) is 0 Å². The van der Waals surface area contributed by atoms with E-state index in [2.05, 4.69) is 127 Å². The first-order chi connectivity index (χ1) is 21.3. The predicted octanol–water partition coefficient (Wildman–Crippen LogP) is 13.3. The third kappa shape index (κ3) is 5.61. The van der Waals surface area contributed by atoms with Gasteiger partial charge in [0.15, 0.2) is 0 Å². The molecule has 0 N–H and O–H groups in total. The number of allylic oxidation sites excluding steroid dienone is 2. The minimum absolute atomic E-state index is 0.133. The number of halogens is 2. The Labute approximate surface area is 282 Å². The topological polar surface area (TPSA) is 0 Å². The Balaban J connectivity index is 1.54. The molecule has 0 nitrogen and oxygen atoms in total. The molecular weight excluding hydrogens is 683 g/mol. The second-order valence-corrected chi connectivity index (χ2v) is 58.4. The molecular formula is C41H53Cl2SiZr. The standard InChI is InChI=1S/C20H21.C19H25.C2H7Si.2ClH.Zr/c1-14-12-16-6-5-7-18(19(16)13-14)15-8-10-17(11-9-15)20(2,3)4;1-3-14(2)18-11-7-10-16-12-17(13-19(16)18)15-8-5-4-6-9-15;1-3-2;;;/h5-13H,1-4H3;7,10-15H,3-6,8-9H2,1-2H3;3H,1-2H3;2*1H;/q;;;;;+2/p-2. The van der Waals surface area contributed by atoms with E-state index in [0.717, 1.165) is 6.42 Å². The molecule has 3 aliphatic carbocycles. The molecule has 3 aromatic carbocycles. The average Bonchev–Trinajstić information content (AvgIpc) is 3.59. The Morgan fingerprint density at radius 1 is 0.822 bits per heavy atom. The van der Waals surface area contributed by atoms with Gasteiger partial charge in [-0.3, -0.25) is 0 Å². The first-order valence-corrected chi connectivity index (χ1v) is 33.9. The number of hydrogen-bond acceptors (Lipinski definition) is 0. The van der Waals surface area contributed by atoms with Crippen molar-refractivity contribution in [2.45, 2.75) is 112 Å². The van der Waals surface area contributed by atoms with E-state index in [4.69, 9.17) is 17.0 Å². The van der Waals surface area contributed by atoms with Crippen molar-refractivity contribution < 1.29 is 15.6 Å². The SMILES string of the molecule is CCC(C)c1cccc2c1C=C(C1CCCCC1)[CH]2[Zr]([Cl])([Cl])([CH]1C(C)=Cc2c(-c3ccc(C(C)(C)C)cc3)cccc21)[SiH](C)C. The zero-order valence-corrected chi connectivity index (χ0v) is 33.9. The summed E-state index contributed by atoms with van der Waals surface area (Å²) in [6.07, 6.45) is 12.8. The van der Waals surface area contributed by atoms with Crippen LogP contribution in [0.3, 0.4) is 0 Å². The first kappa shape index (κ1) is 33.7. The quantitative estimate of drug-likeness (QED) is 0.212. The monoisotopic (exact) mass is 733 g/mol. The third-order valence-electron chi connectivity index (χ3n) is 11.9. The van der Waals surface area contributed by atoms with Gasteiger partial charge < -0.3 is 0 Å². The zero-order chi connectivity index (χ0) is 32.3. The van der Waals surface area contributed by atoms with Gasteiger partial charge in [0.05, 0.1) is 0 Å². The third-order valence-corrected chi connectivity index (χ3v) is 63.9. The number of benzene rings is 3. The van der Waals surface area contributed by atoms with Crippen LogP contribution >= 0.6 is 17.0 Å². The van der Waals surface area contributed by atoms with E-state index in [0.29, 0.717) is 11.8 Å². The van der Waals surface area contributed by atoms with Crippen LogP contribution in [0.2, 0.25) is 13.1 Å². The van der Waals surface area contributed by atoms with E-state index in [-0.39, 0.29) is 12.7 Å². The normalized spacial score (nSPS) is 22.0. The summed E-state index contributed by atoms with van der Waals surface area (Å²) in [4.78, 5) is 0. The van der Waals surface area contributed by atoms with Gasteiger partial charge >= 0.3 is 285 Å². The van der Waals surface area contributed by atoms with Crippen molar-refractivity contribution in [3.8, 4) is 11.1 Å². The van der Waals surface area contributed by atoms with Gasteiger partial charge in [-0.05, 0) is 0 Å². The Bertz CT molecular complexity index is 1650. The molecule has 0 radical (unpaired) electrons. The molecule has 3 unspecified atom stereocenters. The van der Waals surface area contributed by atoms with Crippen LogP contribution in [0.15, 0.2) is 71.8 Å². The molecule has 0 amide bonds. The number of rotatable bonds is 7.